The lowest BCUT2D eigenvalue weighted by atomic mass is 10.2. The Bertz CT molecular complexity index is 662. The summed E-state index contributed by atoms with van der Waals surface area (Å²) >= 11 is 10.5. The fourth-order valence-electron chi connectivity index (χ4n) is 1.52. The molecule has 0 aliphatic rings. The highest BCUT2D eigenvalue weighted by Gasteiger charge is 2.08. The number of nitrogens with zero attached hydrogens (tertiary/aromatic N) is 1. The van der Waals surface area contributed by atoms with Crippen molar-refractivity contribution in [3.63, 3.8) is 0 Å². The number of aromatic nitrogens is 1. The van der Waals surface area contributed by atoms with E-state index in [9.17, 15) is 4.79 Å². The molecule has 2 rings (SSSR count). The number of ether oxygens (including phenoxy) is 1. The van der Waals surface area contributed by atoms with Gasteiger partial charge in [0.15, 0.2) is 0 Å². The molecule has 0 spiro atoms. The molecule has 5 nitrogen and oxygen atoms in total. The lowest BCUT2D eigenvalue weighted by molar-refractivity contribution is 0.102. The average molecular weight is 322 g/mol. The number of amides is 1. The summed E-state index contributed by atoms with van der Waals surface area (Å²) in [5.41, 5.74) is 6.22. The van der Waals surface area contributed by atoms with Gasteiger partial charge in [0.2, 0.25) is 0 Å². The SMILES string of the molecule is NC(=S)COc1cccc(NC(=O)c2ccc(Cl)cn2)c1. The van der Waals surface area contributed by atoms with Gasteiger partial charge in [-0.25, -0.2) is 4.98 Å². The van der Waals surface area contributed by atoms with Crippen LogP contribution in [0.1, 0.15) is 10.5 Å². The summed E-state index contributed by atoms with van der Waals surface area (Å²) in [6.07, 6.45) is 1.41. The Hall–Kier alpha value is -2.18. The topological polar surface area (TPSA) is 77.2 Å². The molecule has 21 heavy (non-hydrogen) atoms. The van der Waals surface area contributed by atoms with E-state index in [2.05, 4.69) is 10.3 Å². The van der Waals surface area contributed by atoms with E-state index in [0.717, 1.165) is 0 Å². The van der Waals surface area contributed by atoms with Gasteiger partial charge in [0, 0.05) is 18.0 Å². The van der Waals surface area contributed by atoms with Gasteiger partial charge >= 0.3 is 0 Å². The van der Waals surface area contributed by atoms with Gasteiger partial charge in [-0.05, 0) is 24.3 Å². The molecule has 0 saturated heterocycles. The van der Waals surface area contributed by atoms with Crippen LogP contribution in [0.2, 0.25) is 5.02 Å². The maximum Gasteiger partial charge on any atom is 0.274 e. The lowest BCUT2D eigenvalue weighted by Gasteiger charge is -2.08. The molecule has 1 amide bonds. The standard InChI is InChI=1S/C14H12ClN3O2S/c15-9-4-5-12(17-7-9)14(19)18-10-2-1-3-11(6-10)20-8-13(16)21/h1-7H,8H2,(H2,16,21)(H,18,19). The van der Waals surface area contributed by atoms with Crippen molar-refractivity contribution in [3.05, 3.63) is 53.3 Å². The van der Waals surface area contributed by atoms with Gasteiger partial charge in [0.1, 0.15) is 23.0 Å². The fourth-order valence-corrected chi connectivity index (χ4v) is 1.69. The summed E-state index contributed by atoms with van der Waals surface area (Å²) < 4.78 is 5.36. The normalized spacial score (nSPS) is 9.95. The molecule has 108 valence electrons. The molecule has 1 aromatic heterocycles. The smallest absolute Gasteiger partial charge is 0.274 e. The molecule has 1 aromatic carbocycles. The zero-order valence-corrected chi connectivity index (χ0v) is 12.4. The quantitative estimate of drug-likeness (QED) is 0.828. The van der Waals surface area contributed by atoms with E-state index in [1.807, 2.05) is 0 Å². The van der Waals surface area contributed by atoms with Crippen LogP contribution in [-0.4, -0.2) is 22.5 Å². The third kappa shape index (κ3) is 4.70. The van der Waals surface area contributed by atoms with Crippen molar-refractivity contribution in [1.29, 1.82) is 0 Å². The van der Waals surface area contributed by atoms with Crippen molar-refractivity contribution >= 4 is 40.4 Å². The molecule has 3 N–H and O–H groups in total. The van der Waals surface area contributed by atoms with E-state index >= 15 is 0 Å². The molecular weight excluding hydrogens is 310 g/mol. The molecule has 1 heterocycles. The second-order valence-electron chi connectivity index (χ2n) is 4.10. The molecular formula is C14H12ClN3O2S. The largest absolute Gasteiger partial charge is 0.486 e. The first-order valence-electron chi connectivity index (χ1n) is 5.98. The number of pyridine rings is 1. The Kier molecular flexibility index (Phi) is 5.08. The van der Waals surface area contributed by atoms with Crippen molar-refractivity contribution < 1.29 is 9.53 Å². The summed E-state index contributed by atoms with van der Waals surface area (Å²) in [6, 6.07) is 10.1. The molecule has 0 unspecified atom stereocenters. The number of thiocarbonyl (C=S) groups is 1. The van der Waals surface area contributed by atoms with E-state index in [0.29, 0.717) is 16.5 Å². The number of carbonyl (C=O) groups is 1. The van der Waals surface area contributed by atoms with Gasteiger partial charge in [-0.3, -0.25) is 4.79 Å². The number of hydrogen-bond acceptors (Lipinski definition) is 4. The van der Waals surface area contributed by atoms with Crippen molar-refractivity contribution in [1.82, 2.24) is 4.98 Å². The number of anilines is 1. The molecule has 0 atom stereocenters. The third-order valence-corrected chi connectivity index (χ3v) is 2.77. The summed E-state index contributed by atoms with van der Waals surface area (Å²) in [6.45, 7) is 0.144. The fraction of sp³-hybridized carbons (Fsp3) is 0.0714. The number of rotatable bonds is 5. The molecule has 7 heteroatoms. The van der Waals surface area contributed by atoms with Crippen LogP contribution in [0.4, 0.5) is 5.69 Å². The Labute approximate surface area is 132 Å². The second kappa shape index (κ2) is 7.01. The van der Waals surface area contributed by atoms with Crippen LogP contribution in [0, 0.1) is 0 Å². The first-order valence-corrected chi connectivity index (χ1v) is 6.77. The molecule has 0 fully saturated rings. The number of hydrogen-bond donors (Lipinski definition) is 2. The Morgan fingerprint density at radius 2 is 2.19 bits per heavy atom. The van der Waals surface area contributed by atoms with Crippen LogP contribution < -0.4 is 15.8 Å². The highest BCUT2D eigenvalue weighted by atomic mass is 35.5. The predicted molar refractivity (Wildman–Crippen MR) is 85.9 cm³/mol. The molecule has 0 aliphatic carbocycles. The monoisotopic (exact) mass is 321 g/mol. The van der Waals surface area contributed by atoms with E-state index in [4.69, 9.17) is 34.3 Å². The van der Waals surface area contributed by atoms with E-state index < -0.39 is 0 Å². The van der Waals surface area contributed by atoms with Crippen LogP contribution in [-0.2, 0) is 0 Å². The number of carbonyl (C=O) groups excluding carboxylic acids is 1. The predicted octanol–water partition coefficient (Wildman–Crippen LogP) is 2.65. The summed E-state index contributed by atoms with van der Waals surface area (Å²) in [4.78, 5) is 16.2. The summed E-state index contributed by atoms with van der Waals surface area (Å²) in [7, 11) is 0. The van der Waals surface area contributed by atoms with Crippen LogP contribution in [0.5, 0.6) is 5.75 Å². The maximum atomic E-state index is 12.0. The number of benzene rings is 1. The van der Waals surface area contributed by atoms with Crippen LogP contribution in [0.15, 0.2) is 42.6 Å². The molecule has 0 bridgehead atoms. The van der Waals surface area contributed by atoms with Gasteiger partial charge < -0.3 is 15.8 Å². The van der Waals surface area contributed by atoms with E-state index in [1.54, 1.807) is 36.4 Å². The van der Waals surface area contributed by atoms with E-state index in [1.165, 1.54) is 6.20 Å². The maximum absolute atomic E-state index is 12.0. The molecule has 2 aromatic rings. The van der Waals surface area contributed by atoms with Gasteiger partial charge in [0.25, 0.3) is 5.91 Å². The Morgan fingerprint density at radius 3 is 2.86 bits per heavy atom. The molecule has 0 aliphatic heterocycles. The number of nitrogens with two attached hydrogens (primary N) is 1. The van der Waals surface area contributed by atoms with Crippen molar-refractivity contribution in [3.8, 4) is 5.75 Å². The van der Waals surface area contributed by atoms with Gasteiger partial charge in [-0.2, -0.15) is 0 Å². The minimum absolute atomic E-state index is 0.144. The van der Waals surface area contributed by atoms with Crippen molar-refractivity contribution in [2.45, 2.75) is 0 Å². The highest BCUT2D eigenvalue weighted by Crippen LogP contribution is 2.18. The van der Waals surface area contributed by atoms with Crippen LogP contribution in [0.3, 0.4) is 0 Å². The first kappa shape index (κ1) is 15.2. The van der Waals surface area contributed by atoms with E-state index in [-0.39, 0.29) is 23.2 Å². The third-order valence-electron chi connectivity index (χ3n) is 2.43. The van der Waals surface area contributed by atoms with Gasteiger partial charge in [-0.1, -0.05) is 29.9 Å². The summed E-state index contributed by atoms with van der Waals surface area (Å²) in [5.74, 6) is 0.225. The number of halogens is 1. The number of nitrogens with one attached hydrogen (secondary N) is 1. The average Bonchev–Trinajstić information content (AvgIpc) is 2.46. The second-order valence-corrected chi connectivity index (χ2v) is 5.06. The highest BCUT2D eigenvalue weighted by molar-refractivity contribution is 7.80. The van der Waals surface area contributed by atoms with Gasteiger partial charge in [-0.15, -0.1) is 0 Å². The van der Waals surface area contributed by atoms with Crippen molar-refractivity contribution in [2.24, 2.45) is 5.73 Å². The molecule has 0 radical (unpaired) electrons. The zero-order chi connectivity index (χ0) is 15.2. The zero-order valence-electron chi connectivity index (χ0n) is 10.9. The lowest BCUT2D eigenvalue weighted by Crippen LogP contribution is -2.18. The van der Waals surface area contributed by atoms with Crippen LogP contribution in [0.25, 0.3) is 0 Å². The first-order chi connectivity index (χ1) is 10.0. The van der Waals surface area contributed by atoms with Gasteiger partial charge in [0.05, 0.1) is 5.02 Å². The van der Waals surface area contributed by atoms with Crippen LogP contribution >= 0.6 is 23.8 Å². The Balaban J connectivity index is 2.05. The summed E-state index contributed by atoms with van der Waals surface area (Å²) in [5, 5.41) is 3.19. The van der Waals surface area contributed by atoms with Crippen molar-refractivity contribution in [2.75, 3.05) is 11.9 Å². The minimum atomic E-state index is -0.335. The molecule has 0 saturated carbocycles. The Morgan fingerprint density at radius 1 is 1.38 bits per heavy atom. The minimum Gasteiger partial charge on any atom is -0.486 e.